The van der Waals surface area contributed by atoms with E-state index in [4.69, 9.17) is 4.74 Å². The van der Waals surface area contributed by atoms with Crippen molar-refractivity contribution in [3.63, 3.8) is 0 Å². The monoisotopic (exact) mass is 708 g/mol. The number of amides is 1. The highest BCUT2D eigenvalue weighted by atomic mass is 16.5. The number of aliphatic hydroxyl groups excluding tert-OH is 2. The van der Waals surface area contributed by atoms with Gasteiger partial charge in [0.2, 0.25) is 5.91 Å². The van der Waals surface area contributed by atoms with Crippen molar-refractivity contribution in [1.82, 2.24) is 5.32 Å². The molecule has 2 atom stereocenters. The molecular weight excluding hydrogens is 622 g/mol. The lowest BCUT2D eigenvalue weighted by atomic mass is 10.0. The third-order valence-corrected chi connectivity index (χ3v) is 10.1. The van der Waals surface area contributed by atoms with Gasteiger partial charge in [-0.25, -0.2) is 0 Å². The molecule has 0 spiro atoms. The Hall–Kier alpha value is -1.40. The second-order valence-corrected chi connectivity index (χ2v) is 15.0. The highest BCUT2D eigenvalue weighted by Gasteiger charge is 2.20. The molecule has 0 heterocycles. The van der Waals surface area contributed by atoms with Crippen molar-refractivity contribution in [2.75, 3.05) is 13.2 Å². The molecule has 296 valence electrons. The fourth-order valence-corrected chi connectivity index (χ4v) is 6.63. The van der Waals surface area contributed by atoms with Gasteiger partial charge in [-0.15, -0.1) is 0 Å². The maximum atomic E-state index is 12.3. The van der Waals surface area contributed by atoms with E-state index in [1.807, 2.05) is 0 Å². The minimum absolute atomic E-state index is 0.0282. The zero-order chi connectivity index (χ0) is 36.6. The summed E-state index contributed by atoms with van der Waals surface area (Å²) in [4.78, 5) is 24.3. The molecule has 0 bridgehead atoms. The number of aliphatic hydroxyl groups is 2. The normalized spacial score (nSPS) is 12.8. The van der Waals surface area contributed by atoms with Gasteiger partial charge in [-0.3, -0.25) is 9.59 Å². The number of esters is 1. The van der Waals surface area contributed by atoms with Crippen LogP contribution < -0.4 is 5.32 Å². The predicted molar refractivity (Wildman–Crippen MR) is 213 cm³/mol. The van der Waals surface area contributed by atoms with Crippen LogP contribution in [0.15, 0.2) is 12.2 Å². The third kappa shape index (κ3) is 36.4. The van der Waals surface area contributed by atoms with E-state index in [0.717, 1.165) is 57.8 Å². The lowest BCUT2D eigenvalue weighted by Crippen LogP contribution is -2.45. The maximum absolute atomic E-state index is 12.3. The van der Waals surface area contributed by atoms with Gasteiger partial charge in [0.15, 0.2) is 0 Å². The molecule has 2 unspecified atom stereocenters. The molecule has 0 aromatic heterocycles. The molecule has 0 aromatic carbocycles. The number of unbranched alkanes of at least 4 members (excludes halogenated alkanes) is 27. The van der Waals surface area contributed by atoms with Crippen molar-refractivity contribution in [1.29, 1.82) is 0 Å². The Morgan fingerprint density at radius 3 is 1.42 bits per heavy atom. The standard InChI is InChI=1S/C44H85NO5/c1-3-5-7-9-11-13-14-15-16-17-22-26-30-34-38-44(49)50-39-35-31-27-23-19-18-21-25-29-33-37-43(48)45-41(40-46)42(47)36-32-28-24-20-12-10-8-6-4-2/h14-15,41-42,46-47H,3-13,16-40H2,1-2H3,(H,45,48)/b15-14-. The van der Waals surface area contributed by atoms with Crippen LogP contribution in [0.25, 0.3) is 0 Å². The van der Waals surface area contributed by atoms with Crippen LogP contribution in [0.1, 0.15) is 232 Å². The van der Waals surface area contributed by atoms with Crippen LogP contribution in [-0.2, 0) is 14.3 Å². The molecule has 0 saturated heterocycles. The molecule has 3 N–H and O–H groups in total. The summed E-state index contributed by atoms with van der Waals surface area (Å²) in [6.07, 6.45) is 43.0. The SMILES string of the molecule is CCCCCCC/C=C\CCCCCCCC(=O)OCCCCCCCCCCCCC(=O)NC(CO)C(O)CCCCCCCCCCC. The summed E-state index contributed by atoms with van der Waals surface area (Å²) in [6, 6.07) is -0.555. The average molecular weight is 708 g/mol. The van der Waals surface area contributed by atoms with Gasteiger partial charge in [-0.05, 0) is 51.4 Å². The Morgan fingerprint density at radius 1 is 0.540 bits per heavy atom. The van der Waals surface area contributed by atoms with Gasteiger partial charge in [-0.1, -0.05) is 180 Å². The van der Waals surface area contributed by atoms with E-state index in [2.05, 4.69) is 31.3 Å². The topological polar surface area (TPSA) is 95.9 Å². The van der Waals surface area contributed by atoms with E-state index in [1.165, 1.54) is 141 Å². The molecule has 0 radical (unpaired) electrons. The Bertz CT molecular complexity index is 742. The number of hydrogen-bond donors (Lipinski definition) is 3. The molecule has 0 rings (SSSR count). The van der Waals surface area contributed by atoms with Gasteiger partial charge in [0.05, 0.1) is 25.4 Å². The van der Waals surface area contributed by atoms with E-state index in [9.17, 15) is 19.8 Å². The average Bonchev–Trinajstić information content (AvgIpc) is 3.11. The van der Waals surface area contributed by atoms with E-state index >= 15 is 0 Å². The second-order valence-electron chi connectivity index (χ2n) is 15.0. The molecule has 1 amide bonds. The highest BCUT2D eigenvalue weighted by molar-refractivity contribution is 5.76. The van der Waals surface area contributed by atoms with E-state index in [1.54, 1.807) is 0 Å². The number of rotatable bonds is 40. The Kier molecular flexibility index (Phi) is 39.2. The van der Waals surface area contributed by atoms with E-state index in [-0.39, 0.29) is 18.5 Å². The number of ether oxygens (including phenoxy) is 1. The number of carbonyl (C=O) groups excluding carboxylic acids is 2. The zero-order valence-corrected chi connectivity index (χ0v) is 33.4. The first-order valence-electron chi connectivity index (χ1n) is 21.9. The summed E-state index contributed by atoms with van der Waals surface area (Å²) in [5.74, 6) is -0.0896. The Morgan fingerprint density at radius 2 is 0.940 bits per heavy atom. The lowest BCUT2D eigenvalue weighted by Gasteiger charge is -2.22. The largest absolute Gasteiger partial charge is 0.466 e. The molecule has 0 aromatic rings. The van der Waals surface area contributed by atoms with Crippen LogP contribution in [0.4, 0.5) is 0 Å². The molecule has 6 nitrogen and oxygen atoms in total. The van der Waals surface area contributed by atoms with Crippen LogP contribution in [0.2, 0.25) is 0 Å². The van der Waals surface area contributed by atoms with Crippen molar-refractivity contribution in [2.24, 2.45) is 0 Å². The van der Waals surface area contributed by atoms with Gasteiger partial charge >= 0.3 is 5.97 Å². The predicted octanol–water partition coefficient (Wildman–Crippen LogP) is 12.2. The summed E-state index contributed by atoms with van der Waals surface area (Å²) in [5.41, 5.74) is 0. The fraction of sp³-hybridized carbons (Fsp3) is 0.909. The van der Waals surface area contributed by atoms with Gasteiger partial charge in [0.25, 0.3) is 0 Å². The van der Waals surface area contributed by atoms with Crippen molar-refractivity contribution >= 4 is 11.9 Å². The zero-order valence-electron chi connectivity index (χ0n) is 33.4. The van der Waals surface area contributed by atoms with E-state index < -0.39 is 12.1 Å². The summed E-state index contributed by atoms with van der Waals surface area (Å²) in [5, 5.41) is 23.0. The highest BCUT2D eigenvalue weighted by Crippen LogP contribution is 2.15. The van der Waals surface area contributed by atoms with Gasteiger partial charge in [0.1, 0.15) is 0 Å². The Labute approximate surface area is 310 Å². The van der Waals surface area contributed by atoms with Crippen molar-refractivity contribution < 1.29 is 24.5 Å². The smallest absolute Gasteiger partial charge is 0.305 e. The molecule has 0 aliphatic heterocycles. The number of nitrogens with one attached hydrogen (secondary N) is 1. The molecule has 0 aliphatic rings. The van der Waals surface area contributed by atoms with E-state index in [0.29, 0.717) is 25.9 Å². The molecular formula is C44H85NO5. The number of allylic oxidation sites excluding steroid dienone is 2. The second kappa shape index (κ2) is 40.4. The van der Waals surface area contributed by atoms with Crippen LogP contribution in [0.5, 0.6) is 0 Å². The first kappa shape index (κ1) is 48.6. The van der Waals surface area contributed by atoms with Crippen LogP contribution in [0, 0.1) is 0 Å². The summed E-state index contributed by atoms with van der Waals surface area (Å²) in [6.45, 7) is 4.85. The summed E-state index contributed by atoms with van der Waals surface area (Å²) < 4.78 is 5.43. The summed E-state index contributed by atoms with van der Waals surface area (Å²) >= 11 is 0. The lowest BCUT2D eigenvalue weighted by molar-refractivity contribution is -0.143. The first-order chi connectivity index (χ1) is 24.5. The minimum Gasteiger partial charge on any atom is -0.466 e. The quantitative estimate of drug-likeness (QED) is 0.0335. The van der Waals surface area contributed by atoms with Gasteiger partial charge < -0.3 is 20.3 Å². The summed E-state index contributed by atoms with van der Waals surface area (Å²) in [7, 11) is 0. The van der Waals surface area contributed by atoms with Crippen LogP contribution in [0.3, 0.4) is 0 Å². The van der Waals surface area contributed by atoms with Crippen molar-refractivity contribution in [3.8, 4) is 0 Å². The number of carbonyl (C=O) groups is 2. The first-order valence-corrected chi connectivity index (χ1v) is 21.9. The molecule has 0 fully saturated rings. The Balaban J connectivity index is 3.47. The molecule has 0 aliphatic carbocycles. The van der Waals surface area contributed by atoms with Crippen molar-refractivity contribution in [3.05, 3.63) is 12.2 Å². The number of hydrogen-bond acceptors (Lipinski definition) is 5. The van der Waals surface area contributed by atoms with Crippen LogP contribution >= 0.6 is 0 Å². The van der Waals surface area contributed by atoms with Gasteiger partial charge in [0, 0.05) is 12.8 Å². The van der Waals surface area contributed by atoms with Gasteiger partial charge in [-0.2, -0.15) is 0 Å². The molecule has 50 heavy (non-hydrogen) atoms. The van der Waals surface area contributed by atoms with Crippen molar-refractivity contribution in [2.45, 2.75) is 244 Å². The molecule has 0 saturated carbocycles. The maximum Gasteiger partial charge on any atom is 0.305 e. The minimum atomic E-state index is -0.675. The fourth-order valence-electron chi connectivity index (χ4n) is 6.63. The third-order valence-electron chi connectivity index (χ3n) is 10.1. The van der Waals surface area contributed by atoms with Crippen LogP contribution in [-0.4, -0.2) is 47.4 Å². The molecule has 6 heteroatoms.